The van der Waals surface area contributed by atoms with Crippen molar-refractivity contribution in [2.24, 2.45) is 0 Å². The summed E-state index contributed by atoms with van der Waals surface area (Å²) in [6.45, 7) is 6.15. The lowest BCUT2D eigenvalue weighted by Crippen LogP contribution is -2.12. The average Bonchev–Trinajstić information content (AvgIpc) is 2.58. The molecule has 3 aromatic rings. The van der Waals surface area contributed by atoms with Gasteiger partial charge in [-0.1, -0.05) is 18.2 Å². The number of anilines is 3. The molecule has 3 rings (SSSR count). The van der Waals surface area contributed by atoms with Crippen LogP contribution in [-0.2, 0) is 0 Å². The topological polar surface area (TPSA) is 54.0 Å². The van der Waals surface area contributed by atoms with Gasteiger partial charge in [-0.15, -0.1) is 0 Å². The predicted molar refractivity (Wildman–Crippen MR) is 103 cm³/mol. The van der Waals surface area contributed by atoms with Crippen LogP contribution in [0, 0.1) is 20.8 Å². The molecule has 0 aliphatic heterocycles. The molecule has 0 atom stereocenters. The van der Waals surface area contributed by atoms with Crippen LogP contribution in [0.2, 0.25) is 0 Å². The second kappa shape index (κ2) is 7.18. The maximum absolute atomic E-state index is 12.4. The number of hydrogen-bond donors (Lipinski definition) is 2. The standard InChI is InChI=1S/C21H21N3O/c1-14-5-4-6-18(9-14)24-21(25)17-11-20(13-22-12-17)23-19-8-7-15(2)16(3)10-19/h4-13,23H,1-3H3,(H,24,25). The van der Waals surface area contributed by atoms with Crippen molar-refractivity contribution in [2.75, 3.05) is 10.6 Å². The van der Waals surface area contributed by atoms with Crippen LogP contribution in [0.5, 0.6) is 0 Å². The van der Waals surface area contributed by atoms with Crippen molar-refractivity contribution in [2.45, 2.75) is 20.8 Å². The predicted octanol–water partition coefficient (Wildman–Crippen LogP) is 5.00. The Kier molecular flexibility index (Phi) is 4.80. The molecule has 0 aliphatic rings. The molecule has 25 heavy (non-hydrogen) atoms. The van der Waals surface area contributed by atoms with Crippen molar-refractivity contribution < 1.29 is 4.79 Å². The summed E-state index contributed by atoms with van der Waals surface area (Å²) in [6, 6.07) is 15.7. The highest BCUT2D eigenvalue weighted by atomic mass is 16.1. The number of hydrogen-bond acceptors (Lipinski definition) is 3. The maximum Gasteiger partial charge on any atom is 0.257 e. The fourth-order valence-electron chi connectivity index (χ4n) is 2.54. The number of rotatable bonds is 4. The largest absolute Gasteiger partial charge is 0.354 e. The number of carbonyl (C=O) groups excluding carboxylic acids is 1. The minimum absolute atomic E-state index is 0.179. The van der Waals surface area contributed by atoms with Gasteiger partial charge in [0, 0.05) is 17.6 Å². The molecule has 0 radical (unpaired) electrons. The molecule has 1 heterocycles. The molecule has 0 spiro atoms. The summed E-state index contributed by atoms with van der Waals surface area (Å²) in [7, 11) is 0. The minimum Gasteiger partial charge on any atom is -0.354 e. The molecule has 4 heteroatoms. The van der Waals surface area contributed by atoms with Crippen LogP contribution < -0.4 is 10.6 Å². The molecule has 0 saturated carbocycles. The SMILES string of the molecule is Cc1cccc(NC(=O)c2cncc(Nc3ccc(C)c(C)c3)c2)c1. The van der Waals surface area contributed by atoms with Crippen LogP contribution in [0.3, 0.4) is 0 Å². The fourth-order valence-corrected chi connectivity index (χ4v) is 2.54. The number of benzene rings is 2. The highest BCUT2D eigenvalue weighted by Gasteiger charge is 2.08. The van der Waals surface area contributed by atoms with Gasteiger partial charge >= 0.3 is 0 Å². The Labute approximate surface area is 147 Å². The number of aryl methyl sites for hydroxylation is 3. The summed E-state index contributed by atoms with van der Waals surface area (Å²) >= 11 is 0. The van der Waals surface area contributed by atoms with Crippen molar-refractivity contribution in [3.8, 4) is 0 Å². The Morgan fingerprint density at radius 1 is 0.840 bits per heavy atom. The van der Waals surface area contributed by atoms with E-state index in [4.69, 9.17) is 0 Å². The maximum atomic E-state index is 12.4. The van der Waals surface area contributed by atoms with Gasteiger partial charge in [-0.25, -0.2) is 0 Å². The molecule has 0 aliphatic carbocycles. The normalized spacial score (nSPS) is 10.4. The first kappa shape index (κ1) is 16.7. The van der Waals surface area contributed by atoms with Crippen molar-refractivity contribution in [3.63, 3.8) is 0 Å². The third kappa shape index (κ3) is 4.23. The Morgan fingerprint density at radius 3 is 2.44 bits per heavy atom. The van der Waals surface area contributed by atoms with E-state index in [1.54, 1.807) is 18.5 Å². The summed E-state index contributed by atoms with van der Waals surface area (Å²) in [5.74, 6) is -0.179. The molecular weight excluding hydrogens is 310 g/mol. The highest BCUT2D eigenvalue weighted by Crippen LogP contribution is 2.20. The number of amides is 1. The van der Waals surface area contributed by atoms with Crippen LogP contribution in [-0.4, -0.2) is 10.9 Å². The first-order chi connectivity index (χ1) is 12.0. The third-order valence-corrected chi connectivity index (χ3v) is 4.07. The monoisotopic (exact) mass is 331 g/mol. The number of aromatic nitrogens is 1. The van der Waals surface area contributed by atoms with Gasteiger partial charge < -0.3 is 10.6 Å². The van der Waals surface area contributed by atoms with E-state index in [1.165, 1.54) is 11.1 Å². The van der Waals surface area contributed by atoms with Crippen LogP contribution in [0.25, 0.3) is 0 Å². The van der Waals surface area contributed by atoms with Crippen LogP contribution >= 0.6 is 0 Å². The van der Waals surface area contributed by atoms with E-state index in [0.717, 1.165) is 22.6 Å². The van der Waals surface area contributed by atoms with E-state index in [0.29, 0.717) is 5.56 Å². The van der Waals surface area contributed by atoms with Gasteiger partial charge in [-0.3, -0.25) is 9.78 Å². The molecule has 0 saturated heterocycles. The average molecular weight is 331 g/mol. The smallest absolute Gasteiger partial charge is 0.257 e. The van der Waals surface area contributed by atoms with Gasteiger partial charge in [0.25, 0.3) is 5.91 Å². The first-order valence-corrected chi connectivity index (χ1v) is 8.18. The minimum atomic E-state index is -0.179. The Morgan fingerprint density at radius 2 is 1.68 bits per heavy atom. The second-order valence-corrected chi connectivity index (χ2v) is 6.21. The summed E-state index contributed by atoms with van der Waals surface area (Å²) in [6.07, 6.45) is 3.27. The summed E-state index contributed by atoms with van der Waals surface area (Å²) < 4.78 is 0. The fraction of sp³-hybridized carbons (Fsp3) is 0.143. The molecule has 2 aromatic carbocycles. The van der Waals surface area contributed by atoms with Crippen molar-refractivity contribution in [3.05, 3.63) is 83.2 Å². The quantitative estimate of drug-likeness (QED) is 0.707. The van der Waals surface area contributed by atoms with Crippen LogP contribution in [0.4, 0.5) is 17.1 Å². The molecule has 1 amide bonds. The zero-order valence-corrected chi connectivity index (χ0v) is 14.6. The summed E-state index contributed by atoms with van der Waals surface area (Å²) in [5, 5.41) is 6.20. The van der Waals surface area contributed by atoms with Crippen molar-refractivity contribution in [1.82, 2.24) is 4.98 Å². The van der Waals surface area contributed by atoms with Gasteiger partial charge in [0.05, 0.1) is 17.4 Å². The molecule has 126 valence electrons. The lowest BCUT2D eigenvalue weighted by atomic mass is 10.1. The van der Waals surface area contributed by atoms with Crippen molar-refractivity contribution in [1.29, 1.82) is 0 Å². The third-order valence-electron chi connectivity index (χ3n) is 4.07. The zero-order valence-electron chi connectivity index (χ0n) is 14.6. The molecular formula is C21H21N3O. The van der Waals surface area contributed by atoms with Gasteiger partial charge in [0.15, 0.2) is 0 Å². The molecule has 0 bridgehead atoms. The molecule has 2 N–H and O–H groups in total. The van der Waals surface area contributed by atoms with Gasteiger partial charge in [0.2, 0.25) is 0 Å². The van der Waals surface area contributed by atoms with Crippen molar-refractivity contribution >= 4 is 23.0 Å². The Bertz CT molecular complexity index is 919. The lowest BCUT2D eigenvalue weighted by Gasteiger charge is -2.10. The summed E-state index contributed by atoms with van der Waals surface area (Å²) in [5.41, 5.74) is 6.59. The Balaban J connectivity index is 1.76. The van der Waals surface area contributed by atoms with Gasteiger partial charge in [-0.2, -0.15) is 0 Å². The number of nitrogens with one attached hydrogen (secondary N) is 2. The van der Waals surface area contributed by atoms with E-state index in [2.05, 4.69) is 41.6 Å². The molecule has 0 fully saturated rings. The number of carbonyl (C=O) groups is 1. The highest BCUT2D eigenvalue weighted by molar-refractivity contribution is 6.04. The van der Waals surface area contributed by atoms with Crippen LogP contribution in [0.15, 0.2) is 60.9 Å². The first-order valence-electron chi connectivity index (χ1n) is 8.18. The second-order valence-electron chi connectivity index (χ2n) is 6.21. The number of pyridine rings is 1. The van der Waals surface area contributed by atoms with E-state index in [-0.39, 0.29) is 5.91 Å². The number of nitrogens with zero attached hydrogens (tertiary/aromatic N) is 1. The zero-order chi connectivity index (χ0) is 17.8. The lowest BCUT2D eigenvalue weighted by molar-refractivity contribution is 0.102. The van der Waals surface area contributed by atoms with E-state index >= 15 is 0 Å². The molecule has 0 unspecified atom stereocenters. The summed E-state index contributed by atoms with van der Waals surface area (Å²) in [4.78, 5) is 16.6. The molecule has 4 nitrogen and oxygen atoms in total. The van der Waals surface area contributed by atoms with E-state index < -0.39 is 0 Å². The van der Waals surface area contributed by atoms with Gasteiger partial charge in [0.1, 0.15) is 0 Å². The van der Waals surface area contributed by atoms with E-state index in [1.807, 2.05) is 37.3 Å². The van der Waals surface area contributed by atoms with Crippen LogP contribution in [0.1, 0.15) is 27.0 Å². The van der Waals surface area contributed by atoms with E-state index in [9.17, 15) is 4.79 Å². The molecule has 1 aromatic heterocycles. The Hall–Kier alpha value is -3.14. The van der Waals surface area contributed by atoms with Gasteiger partial charge in [-0.05, 0) is 67.8 Å².